The van der Waals surface area contributed by atoms with Gasteiger partial charge in [-0.25, -0.2) is 0 Å². The topological polar surface area (TPSA) is 38.3 Å². The van der Waals surface area contributed by atoms with E-state index in [0.717, 1.165) is 27.8 Å². The molecule has 2 aromatic rings. The van der Waals surface area contributed by atoms with Gasteiger partial charge in [0.25, 0.3) is 0 Å². The Hall–Kier alpha value is -1.59. The Kier molecular flexibility index (Phi) is 7.36. The fraction of sp³-hybridized carbons (Fsp3) is 0.278. The third-order valence-electron chi connectivity index (χ3n) is 3.12. The predicted octanol–water partition coefficient (Wildman–Crippen LogP) is 4.68. The molecule has 3 nitrogen and oxygen atoms in total. The molecule has 0 aromatic heterocycles. The maximum Gasteiger partial charge on any atom is 0.234 e. The Morgan fingerprint density at radius 1 is 1.13 bits per heavy atom. The van der Waals surface area contributed by atoms with Crippen molar-refractivity contribution in [1.82, 2.24) is 0 Å². The van der Waals surface area contributed by atoms with E-state index in [0.29, 0.717) is 5.75 Å². The zero-order valence-corrected chi connectivity index (χ0v) is 15.0. The summed E-state index contributed by atoms with van der Waals surface area (Å²) in [6.07, 6.45) is 0. The number of anilines is 1. The van der Waals surface area contributed by atoms with Crippen LogP contribution in [0.4, 0.5) is 5.69 Å². The summed E-state index contributed by atoms with van der Waals surface area (Å²) < 4.78 is 5.14. The Bertz CT molecular complexity index is 629. The number of benzene rings is 2. The summed E-state index contributed by atoms with van der Waals surface area (Å²) >= 11 is 3.34. The maximum absolute atomic E-state index is 12.1. The number of para-hydroxylation sites is 1. The molecule has 0 aliphatic heterocycles. The van der Waals surface area contributed by atoms with Crippen molar-refractivity contribution < 1.29 is 9.53 Å². The van der Waals surface area contributed by atoms with Gasteiger partial charge in [0.2, 0.25) is 5.91 Å². The Morgan fingerprint density at radius 2 is 1.87 bits per heavy atom. The minimum absolute atomic E-state index is 0.0349. The van der Waals surface area contributed by atoms with Crippen molar-refractivity contribution in [3.05, 3.63) is 54.1 Å². The number of carbonyl (C=O) groups is 1. The molecule has 0 aliphatic carbocycles. The molecule has 2 rings (SSSR count). The van der Waals surface area contributed by atoms with Crippen LogP contribution in [0.25, 0.3) is 0 Å². The highest BCUT2D eigenvalue weighted by Gasteiger charge is 2.07. The van der Waals surface area contributed by atoms with Crippen molar-refractivity contribution >= 4 is 35.1 Å². The largest absolute Gasteiger partial charge is 0.497 e. The fourth-order valence-corrected chi connectivity index (χ4v) is 3.57. The van der Waals surface area contributed by atoms with Crippen LogP contribution in [0.3, 0.4) is 0 Å². The van der Waals surface area contributed by atoms with Crippen molar-refractivity contribution in [3.63, 3.8) is 0 Å². The number of hydrogen-bond acceptors (Lipinski definition) is 4. The van der Waals surface area contributed by atoms with Crippen molar-refractivity contribution in [1.29, 1.82) is 0 Å². The lowest BCUT2D eigenvalue weighted by atomic mass is 10.2. The van der Waals surface area contributed by atoms with E-state index in [1.807, 2.05) is 48.5 Å². The van der Waals surface area contributed by atoms with Crippen LogP contribution in [0, 0.1) is 0 Å². The van der Waals surface area contributed by atoms with Gasteiger partial charge in [0.1, 0.15) is 5.75 Å². The van der Waals surface area contributed by atoms with E-state index >= 15 is 0 Å². The first-order valence-corrected chi connectivity index (χ1v) is 9.59. The van der Waals surface area contributed by atoms with E-state index in [9.17, 15) is 4.79 Å². The molecule has 0 atom stereocenters. The molecule has 0 fully saturated rings. The van der Waals surface area contributed by atoms with E-state index in [4.69, 9.17) is 4.74 Å². The molecule has 0 unspecified atom stereocenters. The van der Waals surface area contributed by atoms with Gasteiger partial charge in [-0.15, -0.1) is 23.5 Å². The van der Waals surface area contributed by atoms with Gasteiger partial charge >= 0.3 is 0 Å². The van der Waals surface area contributed by atoms with Gasteiger partial charge in [0, 0.05) is 10.6 Å². The summed E-state index contributed by atoms with van der Waals surface area (Å²) in [6.45, 7) is 2.11. The highest BCUT2D eigenvalue weighted by Crippen LogP contribution is 2.26. The lowest BCUT2D eigenvalue weighted by Gasteiger charge is -2.10. The number of hydrogen-bond donors (Lipinski definition) is 1. The predicted molar refractivity (Wildman–Crippen MR) is 101 cm³/mol. The summed E-state index contributed by atoms with van der Waals surface area (Å²) in [5, 5.41) is 3.00. The van der Waals surface area contributed by atoms with Gasteiger partial charge < -0.3 is 10.1 Å². The van der Waals surface area contributed by atoms with Gasteiger partial charge in [0.15, 0.2) is 0 Å². The molecule has 0 bridgehead atoms. The molecule has 1 amide bonds. The number of nitrogens with one attached hydrogen (secondary N) is 1. The maximum atomic E-state index is 12.1. The van der Waals surface area contributed by atoms with E-state index in [1.54, 1.807) is 30.6 Å². The lowest BCUT2D eigenvalue weighted by Crippen LogP contribution is -2.14. The minimum atomic E-state index is 0.0349. The molecule has 0 spiro atoms. The minimum Gasteiger partial charge on any atom is -0.497 e. The summed E-state index contributed by atoms with van der Waals surface area (Å²) in [4.78, 5) is 13.2. The average Bonchev–Trinajstić information content (AvgIpc) is 2.57. The van der Waals surface area contributed by atoms with Crippen molar-refractivity contribution in [2.24, 2.45) is 0 Å². The molecule has 0 radical (unpaired) electrons. The second-order valence-electron chi connectivity index (χ2n) is 4.82. The second-order valence-corrected chi connectivity index (χ2v) is 7.11. The van der Waals surface area contributed by atoms with Gasteiger partial charge in [-0.3, -0.25) is 4.79 Å². The lowest BCUT2D eigenvalue weighted by molar-refractivity contribution is -0.113. The highest BCUT2D eigenvalue weighted by molar-refractivity contribution is 7.99. The van der Waals surface area contributed by atoms with Gasteiger partial charge in [-0.05, 0) is 35.6 Å². The van der Waals surface area contributed by atoms with Crippen LogP contribution >= 0.6 is 23.5 Å². The molecule has 0 heterocycles. The summed E-state index contributed by atoms with van der Waals surface area (Å²) in [5.74, 6) is 3.12. The normalized spacial score (nSPS) is 10.3. The van der Waals surface area contributed by atoms with E-state index in [1.165, 1.54) is 5.56 Å². The highest BCUT2D eigenvalue weighted by atomic mass is 32.2. The smallest absolute Gasteiger partial charge is 0.234 e. The van der Waals surface area contributed by atoms with Crippen molar-refractivity contribution in [2.45, 2.75) is 17.6 Å². The van der Waals surface area contributed by atoms with Crippen molar-refractivity contribution in [3.8, 4) is 5.75 Å². The first-order valence-electron chi connectivity index (χ1n) is 7.45. The van der Waals surface area contributed by atoms with Crippen LogP contribution in [0.5, 0.6) is 5.75 Å². The molecule has 0 saturated carbocycles. The van der Waals surface area contributed by atoms with Crippen molar-refractivity contribution in [2.75, 3.05) is 23.9 Å². The summed E-state index contributed by atoms with van der Waals surface area (Å²) in [5.41, 5.74) is 2.08. The number of methoxy groups -OCH3 is 1. The van der Waals surface area contributed by atoms with Gasteiger partial charge in [0.05, 0.1) is 18.6 Å². The van der Waals surface area contributed by atoms with E-state index in [-0.39, 0.29) is 5.91 Å². The quantitative estimate of drug-likeness (QED) is 0.704. The molecule has 0 saturated heterocycles. The number of thioether (sulfide) groups is 2. The number of amides is 1. The summed E-state index contributed by atoms with van der Waals surface area (Å²) in [7, 11) is 1.66. The monoisotopic (exact) mass is 347 g/mol. The van der Waals surface area contributed by atoms with Crippen LogP contribution < -0.4 is 10.1 Å². The van der Waals surface area contributed by atoms with E-state index in [2.05, 4.69) is 12.2 Å². The molecule has 122 valence electrons. The first kappa shape index (κ1) is 17.8. The third kappa shape index (κ3) is 5.84. The number of ether oxygens (including phenoxy) is 1. The molecule has 1 N–H and O–H groups in total. The zero-order valence-electron chi connectivity index (χ0n) is 13.4. The molecular formula is C18H21NO2S2. The van der Waals surface area contributed by atoms with E-state index < -0.39 is 0 Å². The van der Waals surface area contributed by atoms with Gasteiger partial charge in [-0.1, -0.05) is 31.2 Å². The SMILES string of the molecule is CCSc1ccccc1NC(=O)CSCc1ccc(OC)cc1. The molecule has 5 heteroatoms. The third-order valence-corrected chi connectivity index (χ3v) is 5.08. The second kappa shape index (κ2) is 9.53. The fourth-order valence-electron chi connectivity index (χ4n) is 2.02. The molecule has 2 aromatic carbocycles. The van der Waals surface area contributed by atoms with Crippen LogP contribution in [0.2, 0.25) is 0 Å². The Morgan fingerprint density at radius 3 is 2.57 bits per heavy atom. The zero-order chi connectivity index (χ0) is 16.5. The number of carbonyl (C=O) groups excluding carboxylic acids is 1. The Balaban J connectivity index is 1.81. The van der Waals surface area contributed by atoms with Crippen LogP contribution in [0.1, 0.15) is 12.5 Å². The first-order chi connectivity index (χ1) is 11.2. The van der Waals surface area contributed by atoms with Gasteiger partial charge in [-0.2, -0.15) is 0 Å². The summed E-state index contributed by atoms with van der Waals surface area (Å²) in [6, 6.07) is 15.8. The standard InChI is InChI=1S/C18H21NO2S2/c1-3-23-17-7-5-4-6-16(17)19-18(20)13-22-12-14-8-10-15(21-2)11-9-14/h4-11H,3,12-13H2,1-2H3,(H,19,20). The number of rotatable bonds is 8. The Labute approximate surface area is 146 Å². The molecule has 23 heavy (non-hydrogen) atoms. The molecular weight excluding hydrogens is 326 g/mol. The van der Waals surface area contributed by atoms with Crippen LogP contribution in [0.15, 0.2) is 53.4 Å². The van der Waals surface area contributed by atoms with Crippen LogP contribution in [-0.4, -0.2) is 24.5 Å². The molecule has 0 aliphatic rings. The average molecular weight is 348 g/mol. The van der Waals surface area contributed by atoms with Crippen LogP contribution in [-0.2, 0) is 10.5 Å².